The van der Waals surface area contributed by atoms with E-state index in [4.69, 9.17) is 4.74 Å². The van der Waals surface area contributed by atoms with Crippen LogP contribution in [-0.4, -0.2) is 19.1 Å². The molecule has 0 spiro atoms. The Morgan fingerprint density at radius 2 is 2.13 bits per heavy atom. The van der Waals surface area contributed by atoms with Crippen LogP contribution in [0.1, 0.15) is 19.4 Å². The van der Waals surface area contributed by atoms with Crippen LogP contribution < -0.4 is 10.1 Å². The smallest absolute Gasteiger partial charge is 0.119 e. The molecular formula is C12H18BrNO. The van der Waals surface area contributed by atoms with Gasteiger partial charge in [0.05, 0.1) is 12.6 Å². The molecule has 0 amide bonds. The highest BCUT2D eigenvalue weighted by Crippen LogP contribution is 2.25. The second-order valence-electron chi connectivity index (χ2n) is 4.18. The van der Waals surface area contributed by atoms with Gasteiger partial charge in [0.1, 0.15) is 5.75 Å². The summed E-state index contributed by atoms with van der Waals surface area (Å²) in [6.07, 6.45) is 0. The fourth-order valence-corrected chi connectivity index (χ4v) is 1.70. The minimum atomic E-state index is 0.113. The minimum absolute atomic E-state index is 0.113. The first-order valence-corrected chi connectivity index (χ1v) is 6.13. The summed E-state index contributed by atoms with van der Waals surface area (Å²) in [5.74, 6) is 0.916. The molecular weight excluding hydrogens is 254 g/mol. The van der Waals surface area contributed by atoms with Crippen molar-refractivity contribution in [1.82, 2.24) is 5.32 Å². The van der Waals surface area contributed by atoms with Crippen molar-refractivity contribution in [2.45, 2.75) is 19.3 Å². The van der Waals surface area contributed by atoms with Gasteiger partial charge < -0.3 is 10.1 Å². The third kappa shape index (κ3) is 3.50. The summed E-state index contributed by atoms with van der Waals surface area (Å²) in [6, 6.07) is 8.23. The summed E-state index contributed by atoms with van der Waals surface area (Å²) < 4.78 is 5.22. The second-order valence-corrected chi connectivity index (χ2v) is 4.74. The number of benzene rings is 1. The number of hydrogen-bond acceptors (Lipinski definition) is 2. The number of ether oxygens (including phenoxy) is 1. The number of halogens is 1. The van der Waals surface area contributed by atoms with Crippen molar-refractivity contribution in [3.63, 3.8) is 0 Å². The molecule has 1 aromatic rings. The summed E-state index contributed by atoms with van der Waals surface area (Å²) in [4.78, 5) is 0. The number of methoxy groups -OCH3 is 1. The predicted octanol–water partition coefficient (Wildman–Crippen LogP) is 2.91. The van der Waals surface area contributed by atoms with Gasteiger partial charge in [-0.25, -0.2) is 0 Å². The molecule has 0 aromatic heterocycles. The van der Waals surface area contributed by atoms with Crippen molar-refractivity contribution >= 4 is 15.9 Å². The van der Waals surface area contributed by atoms with Crippen LogP contribution in [0, 0.1) is 0 Å². The molecule has 84 valence electrons. The van der Waals surface area contributed by atoms with E-state index in [0.29, 0.717) is 0 Å². The van der Waals surface area contributed by atoms with Crippen LogP contribution in [0.5, 0.6) is 5.75 Å². The molecule has 1 N–H and O–H groups in total. The van der Waals surface area contributed by atoms with Crippen LogP contribution in [-0.2, 0) is 5.41 Å². The zero-order valence-corrected chi connectivity index (χ0v) is 11.1. The first-order valence-electron chi connectivity index (χ1n) is 5.01. The Morgan fingerprint density at radius 3 is 2.73 bits per heavy atom. The molecule has 2 nitrogen and oxygen atoms in total. The van der Waals surface area contributed by atoms with Crippen LogP contribution in [0.25, 0.3) is 0 Å². The van der Waals surface area contributed by atoms with E-state index in [1.807, 2.05) is 12.1 Å². The van der Waals surface area contributed by atoms with Crippen LogP contribution in [0.3, 0.4) is 0 Å². The quantitative estimate of drug-likeness (QED) is 0.657. The van der Waals surface area contributed by atoms with Gasteiger partial charge in [0, 0.05) is 12.0 Å². The summed E-state index contributed by atoms with van der Waals surface area (Å²) in [5, 5.41) is 3.30. The first-order chi connectivity index (χ1) is 7.10. The van der Waals surface area contributed by atoms with Gasteiger partial charge in [-0.2, -0.15) is 0 Å². The third-order valence-corrected chi connectivity index (χ3v) is 2.91. The average molecular weight is 272 g/mol. The molecule has 0 aliphatic rings. The molecule has 0 saturated carbocycles. The van der Waals surface area contributed by atoms with E-state index in [2.05, 4.69) is 47.2 Å². The summed E-state index contributed by atoms with van der Waals surface area (Å²) in [7, 11) is 1.70. The maximum Gasteiger partial charge on any atom is 0.119 e. The molecule has 0 radical (unpaired) electrons. The van der Waals surface area contributed by atoms with Crippen LogP contribution in [0.15, 0.2) is 24.3 Å². The van der Waals surface area contributed by atoms with E-state index in [1.54, 1.807) is 7.11 Å². The van der Waals surface area contributed by atoms with E-state index >= 15 is 0 Å². The van der Waals surface area contributed by atoms with Crippen molar-refractivity contribution < 1.29 is 4.74 Å². The Morgan fingerprint density at radius 1 is 1.40 bits per heavy atom. The highest BCUT2D eigenvalue weighted by Gasteiger charge is 2.20. The average Bonchev–Trinajstić information content (AvgIpc) is 2.26. The highest BCUT2D eigenvalue weighted by molar-refractivity contribution is 9.09. The molecule has 0 unspecified atom stereocenters. The van der Waals surface area contributed by atoms with Crippen molar-refractivity contribution in [3.05, 3.63) is 29.8 Å². The molecule has 0 heterocycles. The van der Waals surface area contributed by atoms with Crippen LogP contribution >= 0.6 is 15.9 Å². The fraction of sp³-hybridized carbons (Fsp3) is 0.500. The van der Waals surface area contributed by atoms with Crippen molar-refractivity contribution in [3.8, 4) is 5.75 Å². The second kappa shape index (κ2) is 5.52. The Kier molecular flexibility index (Phi) is 4.61. The molecule has 0 aliphatic heterocycles. The SMILES string of the molecule is COc1cccc(C(C)(C)CNCBr)c1. The van der Waals surface area contributed by atoms with E-state index in [0.717, 1.165) is 17.7 Å². The maximum atomic E-state index is 5.22. The van der Waals surface area contributed by atoms with Crippen molar-refractivity contribution in [2.75, 3.05) is 19.1 Å². The molecule has 0 aliphatic carbocycles. The Hall–Kier alpha value is -0.540. The summed E-state index contributed by atoms with van der Waals surface area (Å²) >= 11 is 3.37. The lowest BCUT2D eigenvalue weighted by Crippen LogP contribution is -2.32. The van der Waals surface area contributed by atoms with Gasteiger partial charge in [-0.1, -0.05) is 41.9 Å². The van der Waals surface area contributed by atoms with Gasteiger partial charge in [-0.3, -0.25) is 0 Å². The van der Waals surface area contributed by atoms with E-state index in [9.17, 15) is 0 Å². The molecule has 0 saturated heterocycles. The van der Waals surface area contributed by atoms with Crippen LogP contribution in [0.2, 0.25) is 0 Å². The lowest BCUT2D eigenvalue weighted by Gasteiger charge is -2.25. The van der Waals surface area contributed by atoms with Crippen molar-refractivity contribution in [1.29, 1.82) is 0 Å². The lowest BCUT2D eigenvalue weighted by molar-refractivity contribution is 0.411. The minimum Gasteiger partial charge on any atom is -0.497 e. The summed E-state index contributed by atoms with van der Waals surface area (Å²) in [5.41, 5.74) is 2.22. The van der Waals surface area contributed by atoms with E-state index < -0.39 is 0 Å². The lowest BCUT2D eigenvalue weighted by atomic mass is 9.84. The molecule has 0 fully saturated rings. The number of nitrogens with one attached hydrogen (secondary N) is 1. The molecule has 3 heteroatoms. The van der Waals surface area contributed by atoms with Gasteiger partial charge in [-0.05, 0) is 17.7 Å². The number of alkyl halides is 1. The Bertz CT molecular complexity index is 312. The van der Waals surface area contributed by atoms with Gasteiger partial charge in [0.25, 0.3) is 0 Å². The monoisotopic (exact) mass is 271 g/mol. The van der Waals surface area contributed by atoms with Gasteiger partial charge in [0.2, 0.25) is 0 Å². The maximum absolute atomic E-state index is 5.22. The van der Waals surface area contributed by atoms with Crippen molar-refractivity contribution in [2.24, 2.45) is 0 Å². The standard InChI is InChI=1S/C12H18BrNO/c1-12(2,8-14-9-13)10-5-4-6-11(7-10)15-3/h4-7,14H,8-9H2,1-3H3. The number of rotatable bonds is 5. The largest absolute Gasteiger partial charge is 0.497 e. The molecule has 1 aromatic carbocycles. The first kappa shape index (κ1) is 12.5. The molecule has 0 bridgehead atoms. The Labute approximate surface area is 100 Å². The molecule has 15 heavy (non-hydrogen) atoms. The molecule has 1 rings (SSSR count). The van der Waals surface area contributed by atoms with Gasteiger partial charge in [0.15, 0.2) is 0 Å². The topological polar surface area (TPSA) is 21.3 Å². The fourth-order valence-electron chi connectivity index (χ4n) is 1.51. The van der Waals surface area contributed by atoms with Crippen LogP contribution in [0.4, 0.5) is 0 Å². The Balaban J connectivity index is 2.83. The highest BCUT2D eigenvalue weighted by atomic mass is 79.9. The van der Waals surface area contributed by atoms with Gasteiger partial charge >= 0.3 is 0 Å². The zero-order chi connectivity index (χ0) is 11.3. The summed E-state index contributed by atoms with van der Waals surface area (Å²) in [6.45, 7) is 5.38. The van der Waals surface area contributed by atoms with E-state index in [-0.39, 0.29) is 5.41 Å². The molecule has 0 atom stereocenters. The zero-order valence-electron chi connectivity index (χ0n) is 9.51. The van der Waals surface area contributed by atoms with E-state index in [1.165, 1.54) is 5.56 Å². The van der Waals surface area contributed by atoms with Gasteiger partial charge in [-0.15, -0.1) is 0 Å². The third-order valence-electron chi connectivity index (χ3n) is 2.51. The predicted molar refractivity (Wildman–Crippen MR) is 67.8 cm³/mol. The number of hydrogen-bond donors (Lipinski definition) is 1. The normalized spacial score (nSPS) is 11.5.